The van der Waals surface area contributed by atoms with Crippen LogP contribution in [0.15, 0.2) is 81.6 Å². The van der Waals surface area contributed by atoms with Crippen molar-refractivity contribution in [2.45, 2.75) is 0 Å². The average molecular weight is 370 g/mol. The molecule has 2 aromatic heterocycles. The van der Waals surface area contributed by atoms with Crippen molar-refractivity contribution in [1.82, 2.24) is 4.98 Å². The summed E-state index contributed by atoms with van der Waals surface area (Å²) in [6.07, 6.45) is 0. The first-order valence-electron chi connectivity index (χ1n) is 8.67. The van der Waals surface area contributed by atoms with E-state index >= 15 is 0 Å². The second kappa shape index (κ2) is 5.35. The Bertz CT molecular complexity index is 1490. The van der Waals surface area contributed by atoms with Crippen molar-refractivity contribution in [3.05, 3.63) is 77.8 Å². The number of hydrogen-bond acceptors (Lipinski definition) is 3. The molecule has 27 heavy (non-hydrogen) atoms. The van der Waals surface area contributed by atoms with Gasteiger partial charge in [-0.05, 0) is 35.7 Å². The lowest BCUT2D eigenvalue weighted by Gasteiger charge is -1.98. The second-order valence-electron chi connectivity index (χ2n) is 6.57. The summed E-state index contributed by atoms with van der Waals surface area (Å²) in [5.41, 5.74) is 4.10. The van der Waals surface area contributed by atoms with Gasteiger partial charge in [0.05, 0.1) is 0 Å². The van der Waals surface area contributed by atoms with E-state index in [-0.39, 0.29) is 0 Å². The summed E-state index contributed by atoms with van der Waals surface area (Å²) in [4.78, 5) is 4.83. The summed E-state index contributed by atoms with van der Waals surface area (Å²) in [6, 6.07) is 23.8. The molecule has 4 heteroatoms. The van der Waals surface area contributed by atoms with Gasteiger partial charge >= 0.3 is 0 Å². The van der Waals surface area contributed by atoms with E-state index < -0.39 is 0 Å². The van der Waals surface area contributed by atoms with Gasteiger partial charge in [-0.3, -0.25) is 0 Å². The third-order valence-electron chi connectivity index (χ3n) is 4.97. The van der Waals surface area contributed by atoms with Gasteiger partial charge in [0.25, 0.3) is 0 Å². The molecule has 4 aromatic carbocycles. The summed E-state index contributed by atoms with van der Waals surface area (Å²) in [5.74, 6) is 0.588. The standard InChI is InChI=1S/C23H12ClNO2/c24-14-9-10-16-20(12-14)26-18-7-3-6-17(21(16)18)23-25-22-15-5-2-1-4-13(15)8-11-19(22)27-23/h1-12H. The number of furan rings is 1. The molecule has 0 unspecified atom stereocenters. The zero-order chi connectivity index (χ0) is 18.0. The number of fused-ring (bicyclic) bond motifs is 6. The summed E-state index contributed by atoms with van der Waals surface area (Å²) < 4.78 is 12.1. The van der Waals surface area contributed by atoms with Crippen molar-refractivity contribution in [1.29, 1.82) is 0 Å². The van der Waals surface area contributed by atoms with E-state index in [1.54, 1.807) is 0 Å². The highest BCUT2D eigenvalue weighted by Crippen LogP contribution is 2.38. The van der Waals surface area contributed by atoms with E-state index in [0.29, 0.717) is 10.9 Å². The van der Waals surface area contributed by atoms with E-state index in [1.807, 2.05) is 54.6 Å². The molecule has 128 valence electrons. The highest BCUT2D eigenvalue weighted by Gasteiger charge is 2.17. The molecule has 0 atom stereocenters. The topological polar surface area (TPSA) is 39.2 Å². The normalized spacial score (nSPS) is 11.9. The molecule has 0 fully saturated rings. The maximum atomic E-state index is 6.13. The van der Waals surface area contributed by atoms with Gasteiger partial charge in [-0.2, -0.15) is 0 Å². The van der Waals surface area contributed by atoms with Crippen LogP contribution in [-0.2, 0) is 0 Å². The van der Waals surface area contributed by atoms with E-state index in [0.717, 1.165) is 49.4 Å². The summed E-state index contributed by atoms with van der Waals surface area (Å²) in [6.45, 7) is 0. The van der Waals surface area contributed by atoms with Crippen LogP contribution in [-0.4, -0.2) is 4.98 Å². The Morgan fingerprint density at radius 1 is 0.704 bits per heavy atom. The Morgan fingerprint density at radius 2 is 1.63 bits per heavy atom. The molecule has 0 N–H and O–H groups in total. The van der Waals surface area contributed by atoms with Crippen molar-refractivity contribution in [3.8, 4) is 11.5 Å². The van der Waals surface area contributed by atoms with Crippen molar-refractivity contribution in [2.24, 2.45) is 0 Å². The van der Waals surface area contributed by atoms with Gasteiger partial charge in [0, 0.05) is 32.8 Å². The van der Waals surface area contributed by atoms with E-state index in [2.05, 4.69) is 18.2 Å². The van der Waals surface area contributed by atoms with Crippen LogP contribution in [0.5, 0.6) is 0 Å². The predicted molar refractivity (Wildman–Crippen MR) is 109 cm³/mol. The van der Waals surface area contributed by atoms with Crippen LogP contribution in [0.3, 0.4) is 0 Å². The number of oxazole rings is 1. The maximum Gasteiger partial charge on any atom is 0.228 e. The fourth-order valence-electron chi connectivity index (χ4n) is 3.75. The Balaban J connectivity index is 1.70. The molecule has 0 saturated heterocycles. The Hall–Kier alpha value is -3.30. The molecule has 0 aliphatic heterocycles. The quantitative estimate of drug-likeness (QED) is 0.307. The molecule has 0 saturated carbocycles. The molecular formula is C23H12ClNO2. The molecule has 0 radical (unpaired) electrons. The van der Waals surface area contributed by atoms with Crippen LogP contribution < -0.4 is 0 Å². The lowest BCUT2D eigenvalue weighted by molar-refractivity contribution is 0.620. The van der Waals surface area contributed by atoms with Gasteiger partial charge in [-0.15, -0.1) is 0 Å². The summed E-state index contributed by atoms with van der Waals surface area (Å²) >= 11 is 6.12. The van der Waals surface area contributed by atoms with Crippen molar-refractivity contribution in [2.75, 3.05) is 0 Å². The number of nitrogens with zero attached hydrogens (tertiary/aromatic N) is 1. The molecule has 0 spiro atoms. The van der Waals surface area contributed by atoms with Crippen molar-refractivity contribution >= 4 is 55.4 Å². The monoisotopic (exact) mass is 369 g/mol. The van der Waals surface area contributed by atoms with Crippen LogP contribution in [0.1, 0.15) is 0 Å². The summed E-state index contributed by atoms with van der Waals surface area (Å²) in [5, 5.41) is 4.86. The van der Waals surface area contributed by atoms with Gasteiger partial charge in [0.15, 0.2) is 5.58 Å². The first-order chi connectivity index (χ1) is 13.3. The summed E-state index contributed by atoms with van der Waals surface area (Å²) in [7, 11) is 0. The molecule has 6 rings (SSSR count). The third-order valence-corrected chi connectivity index (χ3v) is 5.21. The number of aromatic nitrogens is 1. The third kappa shape index (κ3) is 2.12. The van der Waals surface area contributed by atoms with E-state index in [1.165, 1.54) is 0 Å². The molecule has 0 amide bonds. The molecule has 0 aliphatic carbocycles. The minimum Gasteiger partial charge on any atom is -0.456 e. The number of halogens is 1. The predicted octanol–water partition coefficient (Wildman–Crippen LogP) is 7.20. The van der Waals surface area contributed by atoms with Gasteiger partial charge in [-0.1, -0.05) is 48.0 Å². The first-order valence-corrected chi connectivity index (χ1v) is 9.05. The SMILES string of the molecule is Clc1ccc2c(c1)oc1cccc(-c3nc4c(ccc5ccccc54)o3)c12. The van der Waals surface area contributed by atoms with Crippen LogP contribution in [0.2, 0.25) is 5.02 Å². The van der Waals surface area contributed by atoms with Gasteiger partial charge in [0.2, 0.25) is 5.89 Å². The van der Waals surface area contributed by atoms with Crippen LogP contribution in [0.25, 0.3) is 55.3 Å². The molecule has 0 aliphatic rings. The number of benzene rings is 4. The van der Waals surface area contributed by atoms with Gasteiger partial charge in [0.1, 0.15) is 16.7 Å². The Labute approximate surface area is 158 Å². The smallest absolute Gasteiger partial charge is 0.228 e. The van der Waals surface area contributed by atoms with Crippen molar-refractivity contribution in [3.63, 3.8) is 0 Å². The zero-order valence-corrected chi connectivity index (χ0v) is 14.8. The minimum absolute atomic E-state index is 0.588. The first kappa shape index (κ1) is 14.8. The Morgan fingerprint density at radius 3 is 2.59 bits per heavy atom. The molecule has 6 aromatic rings. The number of rotatable bonds is 1. The van der Waals surface area contributed by atoms with Crippen LogP contribution >= 0.6 is 11.6 Å². The number of hydrogen-bond donors (Lipinski definition) is 0. The van der Waals surface area contributed by atoms with E-state index in [4.69, 9.17) is 25.4 Å². The highest BCUT2D eigenvalue weighted by molar-refractivity contribution is 6.31. The zero-order valence-electron chi connectivity index (χ0n) is 14.1. The fourth-order valence-corrected chi connectivity index (χ4v) is 3.92. The molecule has 2 heterocycles. The van der Waals surface area contributed by atoms with Gasteiger partial charge in [-0.25, -0.2) is 4.98 Å². The second-order valence-corrected chi connectivity index (χ2v) is 7.01. The Kier molecular flexibility index (Phi) is 2.94. The largest absolute Gasteiger partial charge is 0.456 e. The minimum atomic E-state index is 0.588. The molecule has 3 nitrogen and oxygen atoms in total. The van der Waals surface area contributed by atoms with E-state index in [9.17, 15) is 0 Å². The molecular weight excluding hydrogens is 358 g/mol. The van der Waals surface area contributed by atoms with Crippen molar-refractivity contribution < 1.29 is 8.83 Å². The maximum absolute atomic E-state index is 6.13. The lowest BCUT2D eigenvalue weighted by Crippen LogP contribution is -1.79. The fraction of sp³-hybridized carbons (Fsp3) is 0. The van der Waals surface area contributed by atoms with Crippen LogP contribution in [0.4, 0.5) is 0 Å². The average Bonchev–Trinajstić information content (AvgIpc) is 3.28. The lowest BCUT2D eigenvalue weighted by atomic mass is 10.1. The van der Waals surface area contributed by atoms with Gasteiger partial charge < -0.3 is 8.83 Å². The van der Waals surface area contributed by atoms with Crippen LogP contribution in [0, 0.1) is 0 Å². The molecule has 0 bridgehead atoms. The highest BCUT2D eigenvalue weighted by atomic mass is 35.5.